The summed E-state index contributed by atoms with van der Waals surface area (Å²) in [5, 5.41) is 12.2. The van der Waals surface area contributed by atoms with Gasteiger partial charge >= 0.3 is 0 Å². The Bertz CT molecular complexity index is 626. The van der Waals surface area contributed by atoms with E-state index in [9.17, 15) is 8.42 Å². The van der Waals surface area contributed by atoms with Gasteiger partial charge in [0.15, 0.2) is 0 Å². The molecular formula is C16H24N2O3S. The van der Waals surface area contributed by atoms with Crippen molar-refractivity contribution in [3.63, 3.8) is 0 Å². The maximum absolute atomic E-state index is 12.5. The monoisotopic (exact) mass is 324 g/mol. The van der Waals surface area contributed by atoms with Crippen molar-refractivity contribution in [3.05, 3.63) is 35.4 Å². The molecule has 0 atom stereocenters. The van der Waals surface area contributed by atoms with Crippen molar-refractivity contribution in [3.8, 4) is 0 Å². The van der Waals surface area contributed by atoms with Crippen LogP contribution in [-0.2, 0) is 23.0 Å². The van der Waals surface area contributed by atoms with E-state index in [0.29, 0.717) is 25.2 Å². The van der Waals surface area contributed by atoms with Gasteiger partial charge in [0, 0.05) is 13.1 Å². The molecule has 1 N–H and O–H groups in total. The molecule has 0 radical (unpaired) electrons. The summed E-state index contributed by atoms with van der Waals surface area (Å²) in [6, 6.07) is 7.93. The fourth-order valence-electron chi connectivity index (χ4n) is 2.74. The van der Waals surface area contributed by atoms with Crippen molar-refractivity contribution in [2.45, 2.75) is 45.6 Å². The van der Waals surface area contributed by atoms with Crippen LogP contribution in [0.3, 0.4) is 0 Å². The van der Waals surface area contributed by atoms with Crippen molar-refractivity contribution in [1.29, 1.82) is 0 Å². The molecule has 1 aliphatic heterocycles. The summed E-state index contributed by atoms with van der Waals surface area (Å²) >= 11 is 0. The summed E-state index contributed by atoms with van der Waals surface area (Å²) in [4.78, 5) is 0. The Hall–Kier alpha value is -1.40. The van der Waals surface area contributed by atoms with E-state index in [0.717, 1.165) is 31.2 Å². The molecule has 0 saturated carbocycles. The molecule has 0 unspecified atom stereocenters. The van der Waals surface area contributed by atoms with Gasteiger partial charge < -0.3 is 5.21 Å². The van der Waals surface area contributed by atoms with Gasteiger partial charge in [-0.1, -0.05) is 49.2 Å². The molecule has 0 spiro atoms. The van der Waals surface area contributed by atoms with E-state index in [-0.39, 0.29) is 5.75 Å². The first-order chi connectivity index (χ1) is 10.6. The normalized spacial score (nSPS) is 16.5. The van der Waals surface area contributed by atoms with Gasteiger partial charge in [-0.15, -0.1) is 0 Å². The molecular weight excluding hydrogens is 300 g/mol. The molecule has 0 saturated heterocycles. The van der Waals surface area contributed by atoms with Gasteiger partial charge in [-0.05, 0) is 30.4 Å². The largest absolute Gasteiger partial charge is 0.411 e. The highest BCUT2D eigenvalue weighted by atomic mass is 32.2. The van der Waals surface area contributed by atoms with Gasteiger partial charge in [0.05, 0.1) is 5.71 Å². The predicted octanol–water partition coefficient (Wildman–Crippen LogP) is 2.79. The lowest BCUT2D eigenvalue weighted by molar-refractivity contribution is 0.316. The minimum absolute atomic E-state index is 0.185. The third kappa shape index (κ3) is 4.30. The van der Waals surface area contributed by atoms with Crippen LogP contribution < -0.4 is 0 Å². The Morgan fingerprint density at radius 3 is 2.68 bits per heavy atom. The Kier molecular flexibility index (Phi) is 5.97. The zero-order chi connectivity index (χ0) is 16.0. The number of hydrogen-bond donors (Lipinski definition) is 1. The number of benzene rings is 1. The minimum atomic E-state index is -3.43. The van der Waals surface area contributed by atoms with Gasteiger partial charge in [-0.25, -0.2) is 8.42 Å². The number of unbranched alkanes of at least 4 members (excludes halogenated alkanes) is 2. The van der Waals surface area contributed by atoms with Gasteiger partial charge in [0.1, 0.15) is 5.75 Å². The molecule has 0 aliphatic carbocycles. The van der Waals surface area contributed by atoms with Crippen molar-refractivity contribution < 1.29 is 13.6 Å². The topological polar surface area (TPSA) is 70.0 Å². The van der Waals surface area contributed by atoms with E-state index in [4.69, 9.17) is 5.21 Å². The van der Waals surface area contributed by atoms with Crippen LogP contribution in [0, 0.1) is 0 Å². The highest BCUT2D eigenvalue weighted by Crippen LogP contribution is 2.21. The van der Waals surface area contributed by atoms with Crippen molar-refractivity contribution in [2.75, 3.05) is 12.3 Å². The van der Waals surface area contributed by atoms with Crippen LogP contribution in [0.4, 0.5) is 0 Å². The summed E-state index contributed by atoms with van der Waals surface area (Å²) in [6.45, 7) is 2.98. The highest BCUT2D eigenvalue weighted by molar-refractivity contribution is 7.89. The van der Waals surface area contributed by atoms with Crippen LogP contribution in [0.15, 0.2) is 29.4 Å². The Morgan fingerprint density at radius 2 is 2.00 bits per heavy atom. The maximum atomic E-state index is 12.5. The molecule has 0 amide bonds. The molecule has 5 nitrogen and oxygen atoms in total. The van der Waals surface area contributed by atoms with Crippen molar-refractivity contribution in [1.82, 2.24) is 4.31 Å². The number of sulfonamides is 1. The summed E-state index contributed by atoms with van der Waals surface area (Å²) in [5.74, 6) is -0.185. The lowest BCUT2D eigenvalue weighted by atomic mass is 10.0. The molecule has 6 heteroatoms. The number of rotatable bonds is 7. The van der Waals surface area contributed by atoms with E-state index >= 15 is 0 Å². The number of fused-ring (bicyclic) bond motifs is 1. The fourth-order valence-corrected chi connectivity index (χ4v) is 4.25. The number of hydrogen-bond acceptors (Lipinski definition) is 4. The van der Waals surface area contributed by atoms with Gasteiger partial charge in [0.2, 0.25) is 10.0 Å². The molecule has 2 rings (SSSR count). The minimum Gasteiger partial charge on any atom is -0.411 e. The zero-order valence-corrected chi connectivity index (χ0v) is 13.8. The molecule has 122 valence electrons. The summed E-state index contributed by atoms with van der Waals surface area (Å²) < 4.78 is 26.6. The third-order valence-electron chi connectivity index (χ3n) is 4.05. The second-order valence-corrected chi connectivity index (χ2v) is 7.70. The predicted molar refractivity (Wildman–Crippen MR) is 87.7 cm³/mol. The molecule has 1 aromatic rings. The Labute approximate surface area is 132 Å². The molecule has 0 aromatic heterocycles. The average Bonchev–Trinajstić information content (AvgIpc) is 2.53. The first kappa shape index (κ1) is 17.0. The van der Waals surface area contributed by atoms with E-state index in [1.165, 1.54) is 9.87 Å². The van der Waals surface area contributed by atoms with Crippen LogP contribution in [0.5, 0.6) is 0 Å². The maximum Gasteiger partial charge on any atom is 0.219 e. The van der Waals surface area contributed by atoms with Crippen LogP contribution >= 0.6 is 0 Å². The summed E-state index contributed by atoms with van der Waals surface area (Å²) in [7, 11) is -3.43. The highest BCUT2D eigenvalue weighted by Gasteiger charge is 2.27. The summed E-state index contributed by atoms with van der Waals surface area (Å²) in [5.41, 5.74) is 2.63. The quantitative estimate of drug-likeness (QED) is 0.363. The van der Waals surface area contributed by atoms with Gasteiger partial charge in [-0.2, -0.15) is 4.31 Å². The molecule has 1 heterocycles. The first-order valence-electron chi connectivity index (χ1n) is 7.81. The van der Waals surface area contributed by atoms with E-state index < -0.39 is 10.0 Å². The van der Waals surface area contributed by atoms with Crippen molar-refractivity contribution >= 4 is 15.7 Å². The molecule has 1 aromatic carbocycles. The van der Waals surface area contributed by atoms with Gasteiger partial charge in [-0.3, -0.25) is 0 Å². The van der Waals surface area contributed by atoms with Crippen LogP contribution in [0.2, 0.25) is 0 Å². The lowest BCUT2D eigenvalue weighted by Gasteiger charge is -2.28. The smallest absolute Gasteiger partial charge is 0.219 e. The summed E-state index contributed by atoms with van der Waals surface area (Å²) in [6.07, 6.45) is 4.18. The first-order valence-corrected chi connectivity index (χ1v) is 9.42. The number of nitrogens with zero attached hydrogens (tertiary/aromatic N) is 2. The van der Waals surface area contributed by atoms with E-state index in [1.54, 1.807) is 0 Å². The number of oxime groups is 1. The molecule has 22 heavy (non-hydrogen) atoms. The fraction of sp³-hybridized carbons (Fsp3) is 0.562. The molecule has 0 fully saturated rings. The van der Waals surface area contributed by atoms with E-state index in [2.05, 4.69) is 12.1 Å². The van der Waals surface area contributed by atoms with Gasteiger partial charge in [0.25, 0.3) is 0 Å². The zero-order valence-electron chi connectivity index (χ0n) is 13.0. The third-order valence-corrected chi connectivity index (χ3v) is 5.84. The second-order valence-electron chi connectivity index (χ2n) is 5.73. The van der Waals surface area contributed by atoms with Crippen molar-refractivity contribution in [2.24, 2.45) is 5.16 Å². The van der Waals surface area contributed by atoms with Crippen LogP contribution in [-0.4, -0.2) is 35.9 Å². The second kappa shape index (κ2) is 7.74. The molecule has 0 bridgehead atoms. The lowest BCUT2D eigenvalue weighted by Crippen LogP contribution is -2.39. The molecule has 1 aliphatic rings. The van der Waals surface area contributed by atoms with E-state index in [1.807, 2.05) is 24.3 Å². The SMILES string of the molecule is CCCCCC(CS(=O)(=O)N1CCc2ccccc2C1)=NO. The standard InChI is InChI=1S/C16H24N2O3S/c1-2-3-4-9-16(17-19)13-22(20,21)18-11-10-14-7-5-6-8-15(14)12-18/h5-8,19H,2-4,9-13H2,1H3. The Morgan fingerprint density at radius 1 is 1.27 bits per heavy atom. The van der Waals surface area contributed by atoms with Crippen LogP contribution in [0.1, 0.15) is 43.7 Å². The Balaban J connectivity index is 2.02. The average molecular weight is 324 g/mol. The van der Waals surface area contributed by atoms with Crippen LogP contribution in [0.25, 0.3) is 0 Å².